The molecule has 4 rings (SSSR count). The molecule has 1 aromatic rings. The highest BCUT2D eigenvalue weighted by molar-refractivity contribution is 6.30. The van der Waals surface area contributed by atoms with Gasteiger partial charge in [0.25, 0.3) is 0 Å². The molecule has 1 amide bonds. The fourth-order valence-electron chi connectivity index (χ4n) is 6.36. The Morgan fingerprint density at radius 3 is 2.42 bits per heavy atom. The number of hydrogen-bond donors (Lipinski definition) is 1. The minimum Gasteiger partial charge on any atom is -0.326 e. The molecule has 0 aliphatic heterocycles. The van der Waals surface area contributed by atoms with Crippen molar-refractivity contribution in [1.29, 1.82) is 0 Å². The third-order valence-electron chi connectivity index (χ3n) is 7.97. The second-order valence-electron chi connectivity index (χ2n) is 9.17. The molecule has 3 fully saturated rings. The van der Waals surface area contributed by atoms with E-state index in [9.17, 15) is 4.79 Å². The average molecular weight is 374 g/mol. The number of anilines is 1. The van der Waals surface area contributed by atoms with Crippen molar-refractivity contribution in [1.82, 2.24) is 0 Å². The van der Waals surface area contributed by atoms with E-state index >= 15 is 0 Å². The predicted octanol–water partition coefficient (Wildman–Crippen LogP) is 6.69. The molecule has 3 unspecified atom stereocenters. The minimum absolute atomic E-state index is 0.0894. The highest BCUT2D eigenvalue weighted by Gasteiger charge is 2.50. The first-order valence-electron chi connectivity index (χ1n) is 10.6. The van der Waals surface area contributed by atoms with Gasteiger partial charge in [0.2, 0.25) is 5.91 Å². The second kappa shape index (κ2) is 7.54. The van der Waals surface area contributed by atoms with Crippen LogP contribution in [0.3, 0.4) is 0 Å². The van der Waals surface area contributed by atoms with Gasteiger partial charge in [-0.1, -0.05) is 37.8 Å². The summed E-state index contributed by atoms with van der Waals surface area (Å²) in [6.07, 6.45) is 14.0. The number of benzene rings is 1. The Morgan fingerprint density at radius 2 is 1.69 bits per heavy atom. The third-order valence-corrected chi connectivity index (χ3v) is 8.22. The summed E-state index contributed by atoms with van der Waals surface area (Å²) < 4.78 is 0. The van der Waals surface area contributed by atoms with E-state index in [0.29, 0.717) is 16.4 Å². The van der Waals surface area contributed by atoms with Crippen LogP contribution in [0.25, 0.3) is 0 Å². The molecule has 0 heterocycles. The van der Waals surface area contributed by atoms with Crippen LogP contribution >= 0.6 is 11.6 Å². The first kappa shape index (κ1) is 18.3. The van der Waals surface area contributed by atoms with E-state index in [1.807, 2.05) is 24.3 Å². The van der Waals surface area contributed by atoms with Gasteiger partial charge in [-0.25, -0.2) is 0 Å². The van der Waals surface area contributed by atoms with E-state index in [2.05, 4.69) is 12.2 Å². The van der Waals surface area contributed by atoms with Gasteiger partial charge in [0.1, 0.15) is 0 Å². The standard InChI is InChI=1S/C23H32ClNO/c1-16(22(26)25-20-8-6-19(24)7-9-20)17-10-13-23(14-11-17)15-12-18-4-2-3-5-21(18)23/h6-9,16-18,21H,2-5,10-15H2,1H3,(H,25,26). The molecule has 0 aromatic heterocycles. The normalized spacial score (nSPS) is 35.1. The van der Waals surface area contributed by atoms with Crippen LogP contribution in [0, 0.1) is 29.1 Å². The van der Waals surface area contributed by atoms with Crippen molar-refractivity contribution in [3.63, 3.8) is 0 Å². The van der Waals surface area contributed by atoms with E-state index in [1.54, 1.807) is 0 Å². The summed E-state index contributed by atoms with van der Waals surface area (Å²) in [7, 11) is 0. The van der Waals surface area contributed by atoms with E-state index in [4.69, 9.17) is 11.6 Å². The molecule has 3 aliphatic rings. The molecule has 1 aromatic carbocycles. The Hall–Kier alpha value is -1.02. The van der Waals surface area contributed by atoms with Crippen LogP contribution in [0.2, 0.25) is 5.02 Å². The third kappa shape index (κ3) is 3.54. The van der Waals surface area contributed by atoms with Crippen molar-refractivity contribution in [2.75, 3.05) is 5.32 Å². The lowest BCUT2D eigenvalue weighted by molar-refractivity contribution is -0.121. The van der Waals surface area contributed by atoms with E-state index < -0.39 is 0 Å². The summed E-state index contributed by atoms with van der Waals surface area (Å²) in [5, 5.41) is 3.78. The zero-order chi connectivity index (χ0) is 18.1. The molecular formula is C23H32ClNO. The average Bonchev–Trinajstić information content (AvgIpc) is 3.02. The largest absolute Gasteiger partial charge is 0.326 e. The molecule has 3 saturated carbocycles. The molecule has 3 heteroatoms. The van der Waals surface area contributed by atoms with Crippen molar-refractivity contribution in [2.24, 2.45) is 29.1 Å². The van der Waals surface area contributed by atoms with E-state index in [1.165, 1.54) is 64.2 Å². The molecule has 142 valence electrons. The maximum Gasteiger partial charge on any atom is 0.227 e. The van der Waals surface area contributed by atoms with Gasteiger partial charge in [-0.15, -0.1) is 0 Å². The maximum atomic E-state index is 12.7. The number of halogens is 1. The molecule has 3 atom stereocenters. The van der Waals surface area contributed by atoms with Crippen LogP contribution in [0.15, 0.2) is 24.3 Å². The summed E-state index contributed by atoms with van der Waals surface area (Å²) in [6, 6.07) is 7.41. The highest BCUT2D eigenvalue weighted by Crippen LogP contribution is 2.60. The summed E-state index contributed by atoms with van der Waals surface area (Å²) in [6.45, 7) is 2.12. The molecule has 2 nitrogen and oxygen atoms in total. The Morgan fingerprint density at radius 1 is 1.04 bits per heavy atom. The summed E-state index contributed by atoms with van der Waals surface area (Å²) in [5.41, 5.74) is 1.48. The molecule has 0 radical (unpaired) electrons. The van der Waals surface area contributed by atoms with Gasteiger partial charge < -0.3 is 5.32 Å². The number of fused-ring (bicyclic) bond motifs is 2. The molecule has 3 aliphatic carbocycles. The smallest absolute Gasteiger partial charge is 0.227 e. The van der Waals surface area contributed by atoms with Crippen LogP contribution in [-0.2, 0) is 4.79 Å². The number of nitrogens with one attached hydrogen (secondary N) is 1. The first-order chi connectivity index (χ1) is 12.6. The van der Waals surface area contributed by atoms with Gasteiger partial charge in [0.05, 0.1) is 0 Å². The van der Waals surface area contributed by atoms with Gasteiger partial charge in [-0.2, -0.15) is 0 Å². The fraction of sp³-hybridized carbons (Fsp3) is 0.696. The number of rotatable bonds is 3. The van der Waals surface area contributed by atoms with E-state index in [0.717, 1.165) is 17.5 Å². The molecule has 0 bridgehead atoms. The van der Waals surface area contributed by atoms with Crippen molar-refractivity contribution in [3.05, 3.63) is 29.3 Å². The Balaban J connectivity index is 1.34. The van der Waals surface area contributed by atoms with Crippen molar-refractivity contribution in [2.45, 2.75) is 71.1 Å². The van der Waals surface area contributed by atoms with Crippen LogP contribution in [0.1, 0.15) is 71.1 Å². The summed E-state index contributed by atoms with van der Waals surface area (Å²) in [5.74, 6) is 2.80. The van der Waals surface area contributed by atoms with Gasteiger partial charge in [-0.3, -0.25) is 4.79 Å². The predicted molar refractivity (Wildman–Crippen MR) is 108 cm³/mol. The van der Waals surface area contributed by atoms with Crippen molar-refractivity contribution < 1.29 is 4.79 Å². The Kier molecular flexibility index (Phi) is 5.32. The van der Waals surface area contributed by atoms with E-state index in [-0.39, 0.29) is 11.8 Å². The number of carbonyl (C=O) groups excluding carboxylic acids is 1. The SMILES string of the molecule is CC(C(=O)Nc1ccc(Cl)cc1)C1CCC2(CC1)CCC1CCCCC12. The van der Waals surface area contributed by atoms with Crippen LogP contribution in [-0.4, -0.2) is 5.91 Å². The zero-order valence-corrected chi connectivity index (χ0v) is 16.7. The first-order valence-corrected chi connectivity index (χ1v) is 11.0. The number of carbonyl (C=O) groups is 1. The lowest BCUT2D eigenvalue weighted by Crippen LogP contribution is -2.37. The topological polar surface area (TPSA) is 29.1 Å². The second-order valence-corrected chi connectivity index (χ2v) is 9.61. The number of amides is 1. The van der Waals surface area contributed by atoms with Gasteiger partial charge >= 0.3 is 0 Å². The van der Waals surface area contributed by atoms with Crippen LogP contribution in [0.4, 0.5) is 5.69 Å². The highest BCUT2D eigenvalue weighted by atomic mass is 35.5. The molecule has 1 spiro atoms. The van der Waals surface area contributed by atoms with Crippen molar-refractivity contribution in [3.8, 4) is 0 Å². The molecular weight excluding hydrogens is 342 g/mol. The van der Waals surface area contributed by atoms with Gasteiger partial charge in [0.15, 0.2) is 0 Å². The monoisotopic (exact) mass is 373 g/mol. The zero-order valence-electron chi connectivity index (χ0n) is 16.0. The minimum atomic E-state index is 0.0894. The molecule has 0 saturated heterocycles. The van der Waals surface area contributed by atoms with Crippen molar-refractivity contribution >= 4 is 23.2 Å². The lowest BCUT2D eigenvalue weighted by Gasteiger charge is -2.45. The van der Waals surface area contributed by atoms with Crippen LogP contribution < -0.4 is 5.32 Å². The lowest BCUT2D eigenvalue weighted by atomic mass is 9.60. The maximum absolute atomic E-state index is 12.7. The summed E-state index contributed by atoms with van der Waals surface area (Å²) >= 11 is 5.93. The Bertz CT molecular complexity index is 632. The fourth-order valence-corrected chi connectivity index (χ4v) is 6.48. The molecule has 1 N–H and O–H groups in total. The Labute approximate surface area is 163 Å². The van der Waals surface area contributed by atoms with Gasteiger partial charge in [0, 0.05) is 16.6 Å². The van der Waals surface area contributed by atoms with Crippen LogP contribution in [0.5, 0.6) is 0 Å². The quantitative estimate of drug-likeness (QED) is 0.628. The number of hydrogen-bond acceptors (Lipinski definition) is 1. The molecule has 26 heavy (non-hydrogen) atoms. The summed E-state index contributed by atoms with van der Waals surface area (Å²) in [4.78, 5) is 12.7. The van der Waals surface area contributed by atoms with Gasteiger partial charge in [-0.05, 0) is 92.4 Å².